The van der Waals surface area contributed by atoms with Gasteiger partial charge in [-0.15, -0.1) is 0 Å². The van der Waals surface area contributed by atoms with Crippen molar-refractivity contribution in [1.29, 1.82) is 0 Å². The number of aromatic hydroxyl groups is 1. The highest BCUT2D eigenvalue weighted by Crippen LogP contribution is 2.23. The molecule has 1 aromatic heterocycles. The molecule has 2 aromatic carbocycles. The van der Waals surface area contributed by atoms with Crippen LogP contribution < -0.4 is 5.73 Å². The first kappa shape index (κ1) is 17.2. The molecule has 0 saturated carbocycles. The number of hydrogen-bond donors (Lipinski definition) is 2. The molecule has 0 aliphatic carbocycles. The Morgan fingerprint density at radius 3 is 2.35 bits per heavy atom. The van der Waals surface area contributed by atoms with E-state index in [9.17, 15) is 9.59 Å². The van der Waals surface area contributed by atoms with Crippen LogP contribution in [0.4, 0.5) is 0 Å². The summed E-state index contributed by atoms with van der Waals surface area (Å²) < 4.78 is 6.92. The molecule has 0 fully saturated rings. The third kappa shape index (κ3) is 4.43. The van der Waals surface area contributed by atoms with Crippen molar-refractivity contribution in [2.24, 2.45) is 5.73 Å². The van der Waals surface area contributed by atoms with Crippen LogP contribution in [0.3, 0.4) is 0 Å². The lowest BCUT2D eigenvalue weighted by molar-refractivity contribution is 0.0975. The molecule has 118 valence electrons. The van der Waals surface area contributed by atoms with E-state index in [1.807, 2.05) is 12.1 Å². The average molecular weight is 441 g/mol. The van der Waals surface area contributed by atoms with Crippen LogP contribution in [0.15, 0.2) is 55.8 Å². The smallest absolute Gasteiger partial charge is 0.284 e. The molecule has 0 aliphatic rings. The zero-order valence-electron chi connectivity index (χ0n) is 11.6. The molecule has 5 nitrogen and oxygen atoms in total. The Morgan fingerprint density at radius 1 is 1.09 bits per heavy atom. The lowest BCUT2D eigenvalue weighted by Crippen LogP contribution is -2.08. The second kappa shape index (κ2) is 7.43. The van der Waals surface area contributed by atoms with Crippen molar-refractivity contribution in [3.05, 3.63) is 62.7 Å². The maximum absolute atomic E-state index is 10.8. The monoisotopic (exact) mass is 439 g/mol. The van der Waals surface area contributed by atoms with E-state index in [2.05, 4.69) is 31.9 Å². The van der Waals surface area contributed by atoms with E-state index < -0.39 is 5.91 Å². The second-order valence-electron chi connectivity index (χ2n) is 4.48. The molecule has 0 radical (unpaired) electrons. The molecule has 0 aliphatic heterocycles. The number of carbonyl (C=O) groups excluding carboxylic acids is 2. The van der Waals surface area contributed by atoms with Crippen LogP contribution in [0.5, 0.6) is 5.75 Å². The number of benzene rings is 2. The highest BCUT2D eigenvalue weighted by Gasteiger charge is 2.07. The zero-order valence-corrected chi connectivity index (χ0v) is 14.8. The molecule has 1 amide bonds. The number of amides is 1. The molecule has 0 spiro atoms. The van der Waals surface area contributed by atoms with Gasteiger partial charge in [0.15, 0.2) is 12.0 Å². The van der Waals surface area contributed by atoms with Crippen LogP contribution in [0, 0.1) is 0 Å². The topological polar surface area (TPSA) is 93.5 Å². The number of fused-ring (bicyclic) bond motifs is 1. The molecule has 23 heavy (non-hydrogen) atoms. The number of phenolic OH excluding ortho intramolecular Hbond substituents is 1. The number of nitrogens with two attached hydrogens (primary N) is 1. The molecule has 1 heterocycles. The first-order valence-electron chi connectivity index (χ1n) is 6.33. The second-order valence-corrected chi connectivity index (χ2v) is 6.31. The van der Waals surface area contributed by atoms with Crippen molar-refractivity contribution < 1.29 is 19.1 Å². The van der Waals surface area contributed by atoms with Gasteiger partial charge in [0, 0.05) is 14.3 Å². The summed E-state index contributed by atoms with van der Waals surface area (Å²) in [7, 11) is 0. The third-order valence-corrected chi connectivity index (χ3v) is 3.82. The minimum atomic E-state index is -0.549. The van der Waals surface area contributed by atoms with Crippen molar-refractivity contribution in [1.82, 2.24) is 0 Å². The predicted octanol–water partition coefficient (Wildman–Crippen LogP) is 4.26. The van der Waals surface area contributed by atoms with E-state index in [1.54, 1.807) is 24.3 Å². The summed E-state index contributed by atoms with van der Waals surface area (Å²) in [5.41, 5.74) is 6.04. The summed E-state index contributed by atoms with van der Waals surface area (Å²) in [4.78, 5) is 21.0. The molecule has 7 heteroatoms. The fourth-order valence-corrected chi connectivity index (χ4v) is 2.51. The molecule has 0 unspecified atom stereocenters. The van der Waals surface area contributed by atoms with Crippen LogP contribution in [0.1, 0.15) is 20.9 Å². The van der Waals surface area contributed by atoms with Gasteiger partial charge >= 0.3 is 0 Å². The molecule has 3 rings (SSSR count). The first-order valence-corrected chi connectivity index (χ1v) is 7.92. The van der Waals surface area contributed by atoms with Crippen molar-refractivity contribution in [2.45, 2.75) is 0 Å². The van der Waals surface area contributed by atoms with Gasteiger partial charge in [-0.1, -0.05) is 31.9 Å². The highest BCUT2D eigenvalue weighted by molar-refractivity contribution is 9.10. The van der Waals surface area contributed by atoms with Gasteiger partial charge in [0.25, 0.3) is 5.91 Å². The number of primary amides is 1. The van der Waals surface area contributed by atoms with Gasteiger partial charge in [0.1, 0.15) is 11.3 Å². The summed E-state index contributed by atoms with van der Waals surface area (Å²) >= 11 is 6.49. The Hall–Kier alpha value is -2.12. The fourth-order valence-electron chi connectivity index (χ4n) is 1.76. The highest BCUT2D eigenvalue weighted by atomic mass is 79.9. The van der Waals surface area contributed by atoms with E-state index in [0.29, 0.717) is 17.4 Å². The predicted molar refractivity (Wildman–Crippen MR) is 93.6 cm³/mol. The van der Waals surface area contributed by atoms with Crippen molar-refractivity contribution in [2.75, 3.05) is 0 Å². The van der Waals surface area contributed by atoms with Crippen LogP contribution in [-0.4, -0.2) is 17.3 Å². The zero-order chi connectivity index (χ0) is 17.0. The summed E-state index contributed by atoms with van der Waals surface area (Å²) in [6.07, 6.45) is 0.611. The van der Waals surface area contributed by atoms with E-state index in [-0.39, 0.29) is 11.5 Å². The largest absolute Gasteiger partial charge is 0.507 e. The number of rotatable bonds is 2. The maximum Gasteiger partial charge on any atom is 0.284 e. The van der Waals surface area contributed by atoms with E-state index >= 15 is 0 Å². The van der Waals surface area contributed by atoms with Crippen molar-refractivity contribution in [3.63, 3.8) is 0 Å². The number of halogens is 2. The lowest BCUT2D eigenvalue weighted by Gasteiger charge is -1.95. The normalized spacial score (nSPS) is 10.0. The average Bonchev–Trinajstić information content (AvgIpc) is 2.93. The van der Waals surface area contributed by atoms with Gasteiger partial charge in [0.2, 0.25) is 0 Å². The minimum absolute atomic E-state index is 0.0122. The molecule has 3 N–H and O–H groups in total. The van der Waals surface area contributed by atoms with Gasteiger partial charge in [0.05, 0.1) is 5.56 Å². The van der Waals surface area contributed by atoms with Gasteiger partial charge < -0.3 is 15.3 Å². The molecule has 0 atom stereocenters. The quantitative estimate of drug-likeness (QED) is 0.582. The first-order chi connectivity index (χ1) is 10.9. The molecule has 0 bridgehead atoms. The lowest BCUT2D eigenvalue weighted by atomic mass is 10.2. The van der Waals surface area contributed by atoms with E-state index in [1.165, 1.54) is 6.07 Å². The summed E-state index contributed by atoms with van der Waals surface area (Å²) in [5.74, 6) is -0.348. The Balaban J connectivity index is 0.000000174. The van der Waals surface area contributed by atoms with Crippen LogP contribution in [0.25, 0.3) is 11.0 Å². The van der Waals surface area contributed by atoms with Gasteiger partial charge in [-0.05, 0) is 42.5 Å². The van der Waals surface area contributed by atoms with Crippen LogP contribution in [0.2, 0.25) is 0 Å². The van der Waals surface area contributed by atoms with E-state index in [4.69, 9.17) is 15.3 Å². The number of phenols is 1. The Bertz CT molecular complexity index is 874. The summed E-state index contributed by atoms with van der Waals surface area (Å²) in [5, 5.41) is 9.85. The van der Waals surface area contributed by atoms with Crippen LogP contribution >= 0.6 is 31.9 Å². The number of hydrogen-bond acceptors (Lipinski definition) is 4. The Morgan fingerprint density at radius 2 is 1.74 bits per heavy atom. The van der Waals surface area contributed by atoms with Gasteiger partial charge in [-0.2, -0.15) is 0 Å². The van der Waals surface area contributed by atoms with Crippen LogP contribution in [-0.2, 0) is 0 Å². The Labute approximate surface area is 148 Å². The third-order valence-electron chi connectivity index (χ3n) is 2.84. The Kier molecular flexibility index (Phi) is 5.57. The van der Waals surface area contributed by atoms with Gasteiger partial charge in [-0.25, -0.2) is 0 Å². The SMILES string of the molecule is NC(=O)c1cc2cc(Br)ccc2o1.O=Cc1cc(Br)ccc1O. The number of carbonyl (C=O) groups is 2. The van der Waals surface area contributed by atoms with Crippen molar-refractivity contribution >= 4 is 55.0 Å². The molecular weight excluding hydrogens is 430 g/mol. The summed E-state index contributed by atoms with van der Waals surface area (Å²) in [6, 6.07) is 11.8. The minimum Gasteiger partial charge on any atom is -0.507 e. The number of furan rings is 1. The van der Waals surface area contributed by atoms with E-state index in [0.717, 1.165) is 14.3 Å². The molecular formula is C16H11Br2NO4. The molecule has 0 saturated heterocycles. The van der Waals surface area contributed by atoms with Gasteiger partial charge in [-0.3, -0.25) is 9.59 Å². The summed E-state index contributed by atoms with van der Waals surface area (Å²) in [6.45, 7) is 0. The van der Waals surface area contributed by atoms with Crippen molar-refractivity contribution in [3.8, 4) is 5.75 Å². The fraction of sp³-hybridized carbons (Fsp3) is 0. The number of aldehydes is 1. The molecule has 3 aromatic rings. The standard InChI is InChI=1S/C9H6BrNO2.C7H5BrO2/c10-6-1-2-7-5(3-6)4-8(13-7)9(11)12;8-6-1-2-7(10)5(3-6)4-9/h1-4H,(H2,11,12);1-4,10H. The maximum atomic E-state index is 10.8.